The fourth-order valence-corrected chi connectivity index (χ4v) is 3.75. The Morgan fingerprint density at radius 2 is 1.96 bits per heavy atom. The molecule has 1 aromatic carbocycles. The zero-order valence-electron chi connectivity index (χ0n) is 13.6. The van der Waals surface area contributed by atoms with Gasteiger partial charge in [-0.25, -0.2) is 4.98 Å². The van der Waals surface area contributed by atoms with Gasteiger partial charge in [-0.3, -0.25) is 14.8 Å². The number of para-hydroxylation sites is 2. The third-order valence-corrected chi connectivity index (χ3v) is 5.22. The molecule has 0 aliphatic carbocycles. The zero-order chi connectivity index (χ0) is 18.6. The first kappa shape index (κ1) is 16.6. The second kappa shape index (κ2) is 5.56. The summed E-state index contributed by atoms with van der Waals surface area (Å²) in [7, 11) is 3.17. The van der Waals surface area contributed by atoms with E-state index in [9.17, 15) is 18.0 Å². The average molecular weight is 379 g/mol. The lowest BCUT2D eigenvalue weighted by molar-refractivity contribution is -0.140. The van der Waals surface area contributed by atoms with E-state index in [0.717, 1.165) is 21.5 Å². The van der Waals surface area contributed by atoms with Gasteiger partial charge in [-0.1, -0.05) is 12.1 Å². The van der Waals surface area contributed by atoms with Crippen molar-refractivity contribution < 1.29 is 18.0 Å². The maximum absolute atomic E-state index is 13.1. The van der Waals surface area contributed by atoms with Crippen LogP contribution in [0.15, 0.2) is 30.3 Å². The predicted molar refractivity (Wildman–Crippen MR) is 92.3 cm³/mol. The first-order valence-corrected chi connectivity index (χ1v) is 8.34. The summed E-state index contributed by atoms with van der Waals surface area (Å²) in [5, 5.41) is 6.08. The van der Waals surface area contributed by atoms with Crippen LogP contribution in [0.3, 0.4) is 0 Å². The van der Waals surface area contributed by atoms with Crippen molar-refractivity contribution in [3.05, 3.63) is 40.9 Å². The molecule has 1 N–H and O–H groups in total. The molecule has 0 saturated heterocycles. The van der Waals surface area contributed by atoms with Crippen molar-refractivity contribution in [2.75, 3.05) is 5.32 Å². The summed E-state index contributed by atoms with van der Waals surface area (Å²) in [5.74, 6) is -0.194. The number of aromatic nitrogens is 4. The number of amides is 1. The number of benzene rings is 1. The van der Waals surface area contributed by atoms with E-state index in [1.807, 2.05) is 24.3 Å². The fraction of sp³-hybridized carbons (Fsp3) is 0.188. The number of nitrogens with one attached hydrogen (secondary N) is 1. The highest BCUT2D eigenvalue weighted by Gasteiger charge is 2.37. The third kappa shape index (κ3) is 2.53. The number of carbonyl (C=O) groups excluding carboxylic acids is 1. The molecule has 6 nitrogen and oxygen atoms in total. The number of alkyl halides is 3. The number of fused-ring (bicyclic) bond motifs is 2. The number of hydrogen-bond acceptors (Lipinski definition) is 4. The van der Waals surface area contributed by atoms with Crippen molar-refractivity contribution in [3.63, 3.8) is 0 Å². The Labute approximate surface area is 148 Å². The Kier molecular flexibility index (Phi) is 3.55. The van der Waals surface area contributed by atoms with E-state index in [-0.39, 0.29) is 15.1 Å². The van der Waals surface area contributed by atoms with Crippen molar-refractivity contribution >= 4 is 44.4 Å². The number of rotatable bonds is 2. The minimum Gasteiger partial charge on any atom is -0.313 e. The molecule has 0 fully saturated rings. The summed E-state index contributed by atoms with van der Waals surface area (Å²) in [6, 6.07) is 8.57. The van der Waals surface area contributed by atoms with E-state index in [4.69, 9.17) is 0 Å². The molecule has 4 aromatic rings. The lowest BCUT2D eigenvalue weighted by atomic mass is 10.3. The van der Waals surface area contributed by atoms with Crippen LogP contribution in [-0.4, -0.2) is 25.2 Å². The number of thiophene rings is 1. The van der Waals surface area contributed by atoms with Crippen LogP contribution < -0.4 is 5.32 Å². The summed E-state index contributed by atoms with van der Waals surface area (Å²) in [6.07, 6.45) is -4.58. The van der Waals surface area contributed by atoms with Gasteiger partial charge < -0.3 is 4.57 Å². The zero-order valence-corrected chi connectivity index (χ0v) is 14.4. The molecule has 3 aromatic heterocycles. The molecule has 1 amide bonds. The molecule has 26 heavy (non-hydrogen) atoms. The fourth-order valence-electron chi connectivity index (χ4n) is 2.78. The van der Waals surface area contributed by atoms with Gasteiger partial charge in [-0.15, -0.1) is 11.3 Å². The van der Waals surface area contributed by atoms with Gasteiger partial charge in [0.25, 0.3) is 5.91 Å². The number of imidazole rings is 1. The molecule has 0 aliphatic rings. The smallest absolute Gasteiger partial charge is 0.313 e. The number of hydrogen-bond donors (Lipinski definition) is 1. The van der Waals surface area contributed by atoms with Gasteiger partial charge in [-0.2, -0.15) is 18.3 Å². The van der Waals surface area contributed by atoms with Gasteiger partial charge in [0.1, 0.15) is 4.83 Å². The standard InChI is InChI=1S/C16H12F3N5OS/c1-23-10-6-4-3-5-9(10)20-15(23)21-13(25)11-7-8-12(16(17,18)19)22-24(2)14(8)26-11/h3-7H,1-2H3,(H,20,21,25). The molecule has 0 bridgehead atoms. The maximum atomic E-state index is 13.1. The van der Waals surface area contributed by atoms with E-state index >= 15 is 0 Å². The van der Waals surface area contributed by atoms with Crippen LogP contribution in [0.4, 0.5) is 19.1 Å². The molecule has 10 heteroatoms. The van der Waals surface area contributed by atoms with E-state index in [0.29, 0.717) is 11.5 Å². The van der Waals surface area contributed by atoms with Crippen LogP contribution >= 0.6 is 11.3 Å². The molecule has 134 valence electrons. The second-order valence-corrected chi connectivity index (χ2v) is 6.77. The summed E-state index contributed by atoms with van der Waals surface area (Å²) in [5.41, 5.74) is 0.556. The molecule has 0 atom stereocenters. The number of anilines is 1. The van der Waals surface area contributed by atoms with E-state index < -0.39 is 17.8 Å². The van der Waals surface area contributed by atoms with E-state index in [1.54, 1.807) is 11.6 Å². The Bertz CT molecular complexity index is 1150. The molecular formula is C16H12F3N5OS. The van der Waals surface area contributed by atoms with Crippen LogP contribution in [-0.2, 0) is 20.3 Å². The van der Waals surface area contributed by atoms with Gasteiger partial charge in [0, 0.05) is 19.5 Å². The van der Waals surface area contributed by atoms with Crippen LogP contribution in [0.1, 0.15) is 15.4 Å². The number of aryl methyl sites for hydroxylation is 2. The minimum atomic E-state index is -4.58. The number of nitrogens with zero attached hydrogens (tertiary/aromatic N) is 4. The molecule has 0 spiro atoms. The van der Waals surface area contributed by atoms with Crippen LogP contribution in [0.5, 0.6) is 0 Å². The lowest BCUT2D eigenvalue weighted by Gasteiger charge is -2.04. The van der Waals surface area contributed by atoms with Crippen molar-refractivity contribution in [1.82, 2.24) is 19.3 Å². The normalized spacial score (nSPS) is 12.2. The third-order valence-electron chi connectivity index (χ3n) is 4.02. The van der Waals surface area contributed by atoms with Crippen LogP contribution in [0.2, 0.25) is 0 Å². The molecule has 0 unspecified atom stereocenters. The number of halogens is 3. The summed E-state index contributed by atoms with van der Waals surface area (Å²) in [6.45, 7) is 0. The first-order chi connectivity index (χ1) is 12.3. The summed E-state index contributed by atoms with van der Waals surface area (Å²) in [4.78, 5) is 17.3. The van der Waals surface area contributed by atoms with E-state index in [1.165, 1.54) is 13.1 Å². The molecule has 0 saturated carbocycles. The largest absolute Gasteiger partial charge is 0.435 e. The minimum absolute atomic E-state index is 0.0832. The first-order valence-electron chi connectivity index (χ1n) is 7.52. The Hall–Kier alpha value is -2.88. The van der Waals surface area contributed by atoms with Gasteiger partial charge in [0.2, 0.25) is 5.95 Å². The van der Waals surface area contributed by atoms with Crippen molar-refractivity contribution in [3.8, 4) is 0 Å². The number of carbonyl (C=O) groups is 1. The van der Waals surface area contributed by atoms with Gasteiger partial charge in [-0.05, 0) is 18.2 Å². The molecule has 0 radical (unpaired) electrons. The second-order valence-electron chi connectivity index (χ2n) is 5.74. The van der Waals surface area contributed by atoms with Crippen LogP contribution in [0.25, 0.3) is 21.3 Å². The maximum Gasteiger partial charge on any atom is 0.435 e. The van der Waals surface area contributed by atoms with Crippen molar-refractivity contribution in [2.24, 2.45) is 14.1 Å². The van der Waals surface area contributed by atoms with Gasteiger partial charge in [0.05, 0.1) is 15.9 Å². The predicted octanol–water partition coefficient (Wildman–Crippen LogP) is 3.79. The highest BCUT2D eigenvalue weighted by Crippen LogP contribution is 2.37. The SMILES string of the molecule is Cn1nc(C(F)(F)F)c2cc(C(=O)Nc3nc4ccccc4n3C)sc21. The van der Waals surface area contributed by atoms with Crippen molar-refractivity contribution in [1.29, 1.82) is 0 Å². The molecule has 0 aliphatic heterocycles. The Balaban J connectivity index is 1.71. The van der Waals surface area contributed by atoms with Gasteiger partial charge in [0.15, 0.2) is 5.69 Å². The summed E-state index contributed by atoms with van der Waals surface area (Å²) < 4.78 is 42.1. The van der Waals surface area contributed by atoms with Gasteiger partial charge >= 0.3 is 6.18 Å². The van der Waals surface area contributed by atoms with Crippen molar-refractivity contribution in [2.45, 2.75) is 6.18 Å². The molecule has 3 heterocycles. The van der Waals surface area contributed by atoms with E-state index in [2.05, 4.69) is 15.4 Å². The average Bonchev–Trinajstić information content (AvgIpc) is 3.22. The molecule has 4 rings (SSSR count). The Morgan fingerprint density at radius 3 is 2.65 bits per heavy atom. The lowest BCUT2D eigenvalue weighted by Crippen LogP contribution is -2.14. The van der Waals surface area contributed by atoms with Crippen LogP contribution in [0, 0.1) is 0 Å². The highest BCUT2D eigenvalue weighted by atomic mass is 32.1. The Morgan fingerprint density at radius 1 is 1.23 bits per heavy atom. The quantitative estimate of drug-likeness (QED) is 0.576. The highest BCUT2D eigenvalue weighted by molar-refractivity contribution is 7.20. The topological polar surface area (TPSA) is 64.7 Å². The monoisotopic (exact) mass is 379 g/mol. The molecular weight excluding hydrogens is 367 g/mol. The summed E-state index contributed by atoms with van der Waals surface area (Å²) >= 11 is 0.952.